The number of carbonyl (C=O) groups is 2. The quantitative estimate of drug-likeness (QED) is 0.779. The number of esters is 1. The van der Waals surface area contributed by atoms with Gasteiger partial charge < -0.3 is 10.1 Å². The van der Waals surface area contributed by atoms with Gasteiger partial charge in [-0.1, -0.05) is 19.1 Å². The summed E-state index contributed by atoms with van der Waals surface area (Å²) in [6.45, 7) is 5.75. The topological polar surface area (TPSA) is 55.4 Å². The first-order valence-corrected chi connectivity index (χ1v) is 9.59. The summed E-state index contributed by atoms with van der Waals surface area (Å²) in [4.78, 5) is 26.2. The fourth-order valence-corrected chi connectivity index (χ4v) is 4.54. The number of halogens is 1. The Balaban J connectivity index is 1.96. The van der Waals surface area contributed by atoms with Gasteiger partial charge in [0.1, 0.15) is 10.8 Å². The lowest BCUT2D eigenvalue weighted by Crippen LogP contribution is -2.19. The summed E-state index contributed by atoms with van der Waals surface area (Å²) >= 11 is 1.39. The molecule has 1 aliphatic rings. The van der Waals surface area contributed by atoms with Crippen LogP contribution >= 0.6 is 11.3 Å². The zero-order valence-electron chi connectivity index (χ0n) is 15.1. The molecule has 138 valence electrons. The predicted octanol–water partition coefficient (Wildman–Crippen LogP) is 4.83. The van der Waals surface area contributed by atoms with Gasteiger partial charge in [-0.15, -0.1) is 11.3 Å². The fraction of sp³-hybridized carbons (Fsp3) is 0.400. The molecule has 1 aliphatic carbocycles. The molecule has 0 fully saturated rings. The molecular formula is C20H22FNO3S. The third kappa shape index (κ3) is 3.80. The van der Waals surface area contributed by atoms with Gasteiger partial charge in [0, 0.05) is 4.88 Å². The van der Waals surface area contributed by atoms with Crippen molar-refractivity contribution in [2.75, 3.05) is 5.32 Å². The van der Waals surface area contributed by atoms with Crippen LogP contribution in [-0.2, 0) is 17.6 Å². The Hall–Kier alpha value is -2.21. The summed E-state index contributed by atoms with van der Waals surface area (Å²) in [6, 6.07) is 5.80. The van der Waals surface area contributed by atoms with Crippen LogP contribution in [0.3, 0.4) is 0 Å². The number of thiophene rings is 1. The van der Waals surface area contributed by atoms with Gasteiger partial charge in [-0.05, 0) is 56.7 Å². The van der Waals surface area contributed by atoms with E-state index >= 15 is 0 Å². The number of hydrogen-bond donors (Lipinski definition) is 1. The number of ether oxygens (including phenoxy) is 1. The second kappa shape index (κ2) is 7.58. The monoisotopic (exact) mass is 375 g/mol. The Labute approximate surface area is 156 Å². The van der Waals surface area contributed by atoms with Crippen LogP contribution in [0.25, 0.3) is 0 Å². The highest BCUT2D eigenvalue weighted by molar-refractivity contribution is 7.17. The molecule has 1 atom stereocenters. The maximum absolute atomic E-state index is 13.9. The van der Waals surface area contributed by atoms with Crippen molar-refractivity contribution in [3.8, 4) is 0 Å². The SMILES string of the molecule is CC(C)OC(=O)c1c(NC(=O)c2ccccc2F)sc2c1CC[C@H](C)C2. The molecule has 0 bridgehead atoms. The zero-order chi connectivity index (χ0) is 18.8. The molecule has 1 N–H and O–H groups in total. The molecule has 2 aromatic rings. The molecule has 6 heteroatoms. The molecule has 1 amide bonds. The standard InChI is InChI=1S/C20H22FNO3S/c1-11(2)25-20(24)17-14-9-8-12(3)10-16(14)26-19(17)22-18(23)13-6-4-5-7-15(13)21/h4-7,11-12H,8-10H2,1-3H3,(H,22,23)/t12-/m0/s1. The third-order valence-corrected chi connectivity index (χ3v) is 5.57. The molecule has 26 heavy (non-hydrogen) atoms. The number of amides is 1. The van der Waals surface area contributed by atoms with Crippen LogP contribution in [0.15, 0.2) is 24.3 Å². The summed E-state index contributed by atoms with van der Waals surface area (Å²) in [5.74, 6) is -1.05. The van der Waals surface area contributed by atoms with Crippen molar-refractivity contribution >= 4 is 28.2 Å². The van der Waals surface area contributed by atoms with Crippen molar-refractivity contribution in [1.29, 1.82) is 0 Å². The van der Waals surface area contributed by atoms with E-state index in [0.717, 1.165) is 29.7 Å². The molecule has 0 spiro atoms. The number of rotatable bonds is 4. The molecule has 1 aromatic heterocycles. The Morgan fingerprint density at radius 3 is 2.73 bits per heavy atom. The molecule has 1 aromatic carbocycles. The van der Waals surface area contributed by atoms with Crippen molar-refractivity contribution in [2.24, 2.45) is 5.92 Å². The zero-order valence-corrected chi connectivity index (χ0v) is 15.9. The van der Waals surface area contributed by atoms with E-state index in [2.05, 4.69) is 12.2 Å². The lowest BCUT2D eigenvalue weighted by atomic mass is 9.88. The molecule has 0 saturated carbocycles. The molecule has 0 aliphatic heterocycles. The van der Waals surface area contributed by atoms with Gasteiger partial charge >= 0.3 is 5.97 Å². The largest absolute Gasteiger partial charge is 0.459 e. The van der Waals surface area contributed by atoms with E-state index in [1.165, 1.54) is 29.5 Å². The highest BCUT2D eigenvalue weighted by Gasteiger charge is 2.30. The maximum Gasteiger partial charge on any atom is 0.341 e. The summed E-state index contributed by atoms with van der Waals surface area (Å²) in [7, 11) is 0. The molecule has 0 saturated heterocycles. The molecule has 4 nitrogen and oxygen atoms in total. The minimum absolute atomic E-state index is 0.0459. The van der Waals surface area contributed by atoms with Crippen molar-refractivity contribution < 1.29 is 18.7 Å². The number of anilines is 1. The van der Waals surface area contributed by atoms with Gasteiger partial charge in [-0.25, -0.2) is 9.18 Å². The van der Waals surface area contributed by atoms with Crippen LogP contribution < -0.4 is 5.32 Å². The van der Waals surface area contributed by atoms with E-state index in [4.69, 9.17) is 4.74 Å². The Bertz CT molecular complexity index is 844. The Morgan fingerprint density at radius 1 is 1.31 bits per heavy atom. The van der Waals surface area contributed by atoms with Crippen LogP contribution in [0.1, 0.15) is 58.3 Å². The number of carbonyl (C=O) groups excluding carboxylic acids is 2. The lowest BCUT2D eigenvalue weighted by molar-refractivity contribution is 0.0378. The minimum Gasteiger partial charge on any atom is -0.459 e. The minimum atomic E-state index is -0.591. The van der Waals surface area contributed by atoms with Gasteiger partial charge in [0.05, 0.1) is 17.2 Å². The lowest BCUT2D eigenvalue weighted by Gasteiger charge is -2.18. The first-order chi connectivity index (χ1) is 12.4. The van der Waals surface area contributed by atoms with Crippen LogP contribution in [-0.4, -0.2) is 18.0 Å². The highest BCUT2D eigenvalue weighted by Crippen LogP contribution is 2.40. The van der Waals surface area contributed by atoms with Crippen molar-refractivity contribution in [1.82, 2.24) is 0 Å². The predicted molar refractivity (Wildman–Crippen MR) is 100 cm³/mol. The summed E-state index contributed by atoms with van der Waals surface area (Å²) < 4.78 is 19.3. The smallest absolute Gasteiger partial charge is 0.341 e. The van der Waals surface area contributed by atoms with E-state index in [9.17, 15) is 14.0 Å². The second-order valence-corrected chi connectivity index (χ2v) is 8.05. The average molecular weight is 375 g/mol. The maximum atomic E-state index is 13.9. The number of benzene rings is 1. The normalized spacial score (nSPS) is 16.3. The Kier molecular flexibility index (Phi) is 5.41. The van der Waals surface area contributed by atoms with E-state index in [1.54, 1.807) is 19.9 Å². The van der Waals surface area contributed by atoms with Crippen LogP contribution in [0.5, 0.6) is 0 Å². The van der Waals surface area contributed by atoms with Gasteiger partial charge in [0.25, 0.3) is 5.91 Å². The van der Waals surface area contributed by atoms with E-state index < -0.39 is 17.7 Å². The highest BCUT2D eigenvalue weighted by atomic mass is 32.1. The summed E-state index contributed by atoms with van der Waals surface area (Å²) in [6.07, 6.45) is 2.39. The second-order valence-electron chi connectivity index (χ2n) is 6.94. The van der Waals surface area contributed by atoms with Gasteiger partial charge in [0.2, 0.25) is 0 Å². The summed E-state index contributed by atoms with van der Waals surface area (Å²) in [5, 5.41) is 3.18. The van der Waals surface area contributed by atoms with Crippen molar-refractivity contribution in [2.45, 2.75) is 46.1 Å². The van der Waals surface area contributed by atoms with Crippen LogP contribution in [0.2, 0.25) is 0 Å². The molecule has 0 radical (unpaired) electrons. The summed E-state index contributed by atoms with van der Waals surface area (Å²) in [5.41, 5.74) is 1.34. The van der Waals surface area contributed by atoms with Gasteiger partial charge in [0.15, 0.2) is 0 Å². The van der Waals surface area contributed by atoms with Crippen molar-refractivity contribution in [3.05, 3.63) is 51.7 Å². The number of hydrogen-bond acceptors (Lipinski definition) is 4. The van der Waals surface area contributed by atoms with E-state index in [-0.39, 0.29) is 11.7 Å². The Morgan fingerprint density at radius 2 is 2.04 bits per heavy atom. The molecule has 0 unspecified atom stereocenters. The molecule has 1 heterocycles. The van der Waals surface area contributed by atoms with Crippen LogP contribution in [0.4, 0.5) is 9.39 Å². The molecular weight excluding hydrogens is 353 g/mol. The first kappa shape index (κ1) is 18.6. The fourth-order valence-electron chi connectivity index (χ4n) is 3.14. The number of nitrogens with one attached hydrogen (secondary N) is 1. The first-order valence-electron chi connectivity index (χ1n) is 8.78. The van der Waals surface area contributed by atoms with Crippen molar-refractivity contribution in [3.63, 3.8) is 0 Å². The van der Waals surface area contributed by atoms with Crippen LogP contribution in [0, 0.1) is 11.7 Å². The average Bonchev–Trinajstić information content (AvgIpc) is 2.91. The van der Waals surface area contributed by atoms with E-state index in [0.29, 0.717) is 16.5 Å². The molecule has 3 rings (SSSR count). The third-order valence-electron chi connectivity index (χ3n) is 4.40. The number of fused-ring (bicyclic) bond motifs is 1. The van der Waals surface area contributed by atoms with Gasteiger partial charge in [-0.2, -0.15) is 0 Å². The van der Waals surface area contributed by atoms with Gasteiger partial charge in [-0.3, -0.25) is 4.79 Å². The van der Waals surface area contributed by atoms with E-state index in [1.807, 2.05) is 0 Å².